The highest BCUT2D eigenvalue weighted by Gasteiger charge is 2.34. The first kappa shape index (κ1) is 101. The van der Waals surface area contributed by atoms with Gasteiger partial charge in [0.1, 0.15) is 69.3 Å². The van der Waals surface area contributed by atoms with E-state index in [1.807, 2.05) is 200 Å². The van der Waals surface area contributed by atoms with Crippen molar-refractivity contribution in [2.75, 3.05) is 45.9 Å². The molecule has 0 radical (unpaired) electrons. The number of hydrogen-bond donors (Lipinski definition) is 0. The Morgan fingerprint density at radius 2 is 0.595 bits per heavy atom. The van der Waals surface area contributed by atoms with Crippen molar-refractivity contribution in [1.82, 2.24) is 39.1 Å². The minimum atomic E-state index is -1.24. The molecular formula is C100H127FN12O12S. The van der Waals surface area contributed by atoms with Crippen LogP contribution in [-0.2, 0) is 105 Å². The fraction of sp³-hybridized carbons (Fsp3) is 0.480. The van der Waals surface area contributed by atoms with Crippen molar-refractivity contribution in [3.8, 4) is 24.3 Å². The van der Waals surface area contributed by atoms with Crippen LogP contribution in [0.15, 0.2) is 97.1 Å². The Morgan fingerprint density at radius 3 is 0.802 bits per heavy atom. The zero-order valence-corrected chi connectivity index (χ0v) is 79.3. The lowest BCUT2D eigenvalue weighted by atomic mass is 9.86. The van der Waals surface area contributed by atoms with Crippen LogP contribution in [0.5, 0.6) is 0 Å². The number of nitriles is 4. The maximum absolute atomic E-state index is 12.6. The standard InChI is InChI=1S/C28H37N3O3.C25H31N3O3.C24H31N3O3S.C23H28FN3O3/c1-7-31-25(19(2)20(3)30-31)26(33-18-34-27(32)22-11-9-8-10-12-22)24(17-29)21-13-15-23(16-14-21)28(4,5)6;1-7-28-22(16(2)17(3)27-28)23(30-15-31-24(29)19-8-9-19)21(14-26)18-10-12-20(13-11-18)25(4,5)6;1-8-27-22(16(2)17(3)26-27)23(30-15-29-21(28)14-31-7)20(13-25)18-9-11-19(12-10-18)24(4,5)6;1-7-27-21(15(2)16(3)26-27)22(30-14-29-20(28)12-24)19(13-25)17-8-10-18(11-9-17)23(4,5)6/h13-16,22H,7-12,18H2,1-6H3;10-13,19H,7-9,15H2,1-6H3;9-12H,8,14-15H2,1-7H3;8-11H,7,12,14H2,1-6H3/b26-24-;23-21-;23-20-;22-19-. The van der Waals surface area contributed by atoms with E-state index in [-0.39, 0.29) is 88.9 Å². The van der Waals surface area contributed by atoms with E-state index in [0.29, 0.717) is 71.4 Å². The zero-order valence-electron chi connectivity index (χ0n) is 78.5. The van der Waals surface area contributed by atoms with Crippen LogP contribution in [0, 0.1) is 113 Å². The third-order valence-corrected chi connectivity index (χ3v) is 22.7. The van der Waals surface area contributed by atoms with Crippen LogP contribution in [0.4, 0.5) is 4.39 Å². The molecule has 8 aromatic rings. The molecule has 0 unspecified atom stereocenters. The van der Waals surface area contributed by atoms with E-state index in [9.17, 15) is 44.6 Å². The fourth-order valence-corrected chi connectivity index (χ4v) is 14.3. The van der Waals surface area contributed by atoms with E-state index >= 15 is 0 Å². The van der Waals surface area contributed by atoms with Crippen molar-refractivity contribution in [2.45, 2.75) is 259 Å². The van der Waals surface area contributed by atoms with Crippen molar-refractivity contribution in [1.29, 1.82) is 21.0 Å². The van der Waals surface area contributed by atoms with Gasteiger partial charge in [-0.15, -0.1) is 0 Å². The summed E-state index contributed by atoms with van der Waals surface area (Å²) >= 11 is 1.38. The molecule has 4 heterocycles. The largest absolute Gasteiger partial charge is 0.454 e. The third-order valence-electron chi connectivity index (χ3n) is 22.2. The van der Waals surface area contributed by atoms with Gasteiger partial charge in [0.05, 0.1) is 40.4 Å². The number of allylic oxidation sites excluding steroid dienone is 4. The molecule has 0 saturated heterocycles. The predicted molar refractivity (Wildman–Crippen MR) is 492 cm³/mol. The number of alkyl halides is 1. The van der Waals surface area contributed by atoms with Crippen LogP contribution in [0.25, 0.3) is 45.3 Å². The number of halogens is 1. The van der Waals surface area contributed by atoms with E-state index in [0.717, 1.165) is 123 Å². The molecule has 0 amide bonds. The van der Waals surface area contributed by atoms with E-state index < -0.39 is 19.4 Å². The predicted octanol–water partition coefficient (Wildman–Crippen LogP) is 21.2. The molecule has 2 fully saturated rings. The molecule has 0 bridgehead atoms. The molecule has 0 atom stereocenters. The van der Waals surface area contributed by atoms with Gasteiger partial charge in [0.2, 0.25) is 27.2 Å². The van der Waals surface area contributed by atoms with Crippen molar-refractivity contribution < 1.29 is 61.5 Å². The van der Waals surface area contributed by atoms with Gasteiger partial charge in [-0.2, -0.15) is 53.2 Å². The fourth-order valence-electron chi connectivity index (χ4n) is 14.0. The Balaban J connectivity index is 0.000000231. The molecule has 0 N–H and O–H groups in total. The third kappa shape index (κ3) is 26.5. The highest BCUT2D eigenvalue weighted by atomic mass is 32.2. The maximum Gasteiger partial charge on any atom is 0.340 e. The number of esters is 4. The van der Waals surface area contributed by atoms with Crippen LogP contribution in [-0.4, -0.2) is 109 Å². The molecule has 672 valence electrons. The number of aromatic nitrogens is 8. The number of rotatable bonds is 29. The Bertz CT molecular complexity index is 5420. The van der Waals surface area contributed by atoms with Gasteiger partial charge in [-0.1, -0.05) is 199 Å². The number of aryl methyl sites for hydroxylation is 8. The SMILES string of the molecule is CCn1nc(C)c(C)c1/C(OCOC(=O)C1CC1)=C(\C#N)c1ccc(C(C)(C)C)cc1.CCn1nc(C)c(C)c1/C(OCOC(=O)C1CCCCC1)=C(\C#N)c1ccc(C(C)(C)C)cc1.CCn1nc(C)c(C)c1/C(OCOC(=O)CF)=C(\C#N)c1ccc(C(C)(C)C)cc1.CCn1nc(C)c(C)c1/C(OCOC(=O)CSC)=C(\C#N)c1ccc(C(C)(C)C)cc1. The van der Waals surface area contributed by atoms with E-state index in [4.69, 9.17) is 37.9 Å². The molecule has 26 heteroatoms. The highest BCUT2D eigenvalue weighted by Crippen LogP contribution is 2.39. The quantitative estimate of drug-likeness (QED) is 0.0138. The number of thioether (sulfide) groups is 1. The second-order valence-corrected chi connectivity index (χ2v) is 36.1. The van der Waals surface area contributed by atoms with Gasteiger partial charge in [-0.3, -0.25) is 33.1 Å². The molecule has 0 spiro atoms. The molecule has 0 aliphatic heterocycles. The molecule has 24 nitrogen and oxygen atoms in total. The second-order valence-electron chi connectivity index (χ2n) is 35.3. The molecule has 2 saturated carbocycles. The minimum Gasteiger partial charge on any atom is -0.454 e. The zero-order chi connectivity index (χ0) is 93.3. The number of carbonyl (C=O) groups is 4. The average Bonchev–Trinajstić information content (AvgIpc) is 1.66. The van der Waals surface area contributed by atoms with Gasteiger partial charge < -0.3 is 37.9 Å². The summed E-state index contributed by atoms with van der Waals surface area (Å²) in [6.07, 6.45) is 8.59. The molecular weight excluding hydrogens is 1610 g/mol. The van der Waals surface area contributed by atoms with Gasteiger partial charge in [0.15, 0.2) is 29.7 Å². The van der Waals surface area contributed by atoms with Crippen LogP contribution >= 0.6 is 11.8 Å². The molecule has 10 rings (SSSR count). The van der Waals surface area contributed by atoms with Crippen LogP contribution in [0.1, 0.15) is 268 Å². The number of nitrogens with zero attached hydrogens (tertiary/aromatic N) is 12. The van der Waals surface area contributed by atoms with Gasteiger partial charge in [0.25, 0.3) is 0 Å². The molecule has 2 aliphatic carbocycles. The Labute approximate surface area is 748 Å². The lowest BCUT2D eigenvalue weighted by molar-refractivity contribution is -0.158. The number of hydrogen-bond acceptors (Lipinski definition) is 21. The second kappa shape index (κ2) is 45.8. The lowest BCUT2D eigenvalue weighted by Gasteiger charge is -2.21. The summed E-state index contributed by atoms with van der Waals surface area (Å²) in [7, 11) is 0. The summed E-state index contributed by atoms with van der Waals surface area (Å²) in [4.78, 5) is 47.5. The first-order chi connectivity index (χ1) is 59.6. The van der Waals surface area contributed by atoms with E-state index in [1.54, 1.807) is 4.68 Å². The lowest BCUT2D eigenvalue weighted by Crippen LogP contribution is -2.21. The highest BCUT2D eigenvalue weighted by molar-refractivity contribution is 7.99. The summed E-state index contributed by atoms with van der Waals surface area (Å²) in [6, 6.07) is 40.7. The van der Waals surface area contributed by atoms with Crippen molar-refractivity contribution in [3.05, 3.63) is 209 Å². The van der Waals surface area contributed by atoms with Gasteiger partial charge >= 0.3 is 23.9 Å². The van der Waals surface area contributed by atoms with Crippen LogP contribution < -0.4 is 0 Å². The monoisotopic (exact) mass is 1740 g/mol. The van der Waals surface area contributed by atoms with Crippen molar-refractivity contribution in [2.24, 2.45) is 11.8 Å². The maximum atomic E-state index is 12.6. The molecule has 4 aromatic heterocycles. The summed E-state index contributed by atoms with van der Waals surface area (Å²) in [5.74, 6) is -0.305. The summed E-state index contributed by atoms with van der Waals surface area (Å²) < 4.78 is 64.1. The van der Waals surface area contributed by atoms with E-state index in [2.05, 4.69) is 128 Å². The molecule has 126 heavy (non-hydrogen) atoms. The van der Waals surface area contributed by atoms with Crippen molar-refractivity contribution in [3.63, 3.8) is 0 Å². The first-order valence-electron chi connectivity index (χ1n) is 43.0. The van der Waals surface area contributed by atoms with Crippen molar-refractivity contribution >= 4 is 81.0 Å². The Kier molecular flexibility index (Phi) is 36.7. The Morgan fingerprint density at radius 1 is 0.365 bits per heavy atom. The van der Waals surface area contributed by atoms with Crippen LogP contribution in [0.3, 0.4) is 0 Å². The smallest absolute Gasteiger partial charge is 0.340 e. The summed E-state index contributed by atoms with van der Waals surface area (Å²) in [5.41, 5.74) is 18.9. The topological polar surface area (TPSA) is 309 Å². The van der Waals surface area contributed by atoms with Gasteiger partial charge in [0, 0.05) is 48.4 Å². The van der Waals surface area contributed by atoms with Gasteiger partial charge in [-0.05, 0) is 181 Å². The van der Waals surface area contributed by atoms with Crippen LogP contribution in [0.2, 0.25) is 0 Å². The average molecular weight is 1740 g/mol. The summed E-state index contributed by atoms with van der Waals surface area (Å²) in [6.45, 7) is 49.0. The normalized spacial score (nSPS) is 13.7. The molecule has 2 aliphatic rings. The number of carbonyl (C=O) groups excluding carboxylic acids is 4. The molecule has 4 aromatic carbocycles. The van der Waals surface area contributed by atoms with Gasteiger partial charge in [-0.25, -0.2) is 9.18 Å². The first-order valence-corrected chi connectivity index (χ1v) is 44.4. The Hall–Kier alpha value is -12.0. The summed E-state index contributed by atoms with van der Waals surface area (Å²) in [5, 5.41) is 58.5. The number of ether oxygens (including phenoxy) is 8. The minimum absolute atomic E-state index is 0.00834. The van der Waals surface area contributed by atoms with E-state index in [1.165, 1.54) is 34.9 Å². The number of benzene rings is 4.